The number of ether oxygens (including phenoxy) is 1. The van der Waals surface area contributed by atoms with Gasteiger partial charge in [-0.05, 0) is 42.7 Å². The van der Waals surface area contributed by atoms with Gasteiger partial charge in [-0.3, -0.25) is 10.1 Å². The Kier molecular flexibility index (Phi) is 9.01. The van der Waals surface area contributed by atoms with Crippen LogP contribution in [0.15, 0.2) is 30.3 Å². The quantitative estimate of drug-likeness (QED) is 0.251. The Hall–Kier alpha value is -2.58. The van der Waals surface area contributed by atoms with Crippen molar-refractivity contribution < 1.29 is 53.8 Å². The molecule has 39 heavy (non-hydrogen) atoms. The van der Waals surface area contributed by atoms with E-state index < -0.39 is 63.0 Å². The molecule has 0 saturated heterocycles. The highest BCUT2D eigenvalue weighted by atomic mass is 35.6. The van der Waals surface area contributed by atoms with E-state index in [9.17, 15) is 44.7 Å². The number of carbonyl (C=O) groups is 2. The molecule has 0 heterocycles. The predicted octanol–water partition coefficient (Wildman–Crippen LogP) is 7.91. The predicted molar refractivity (Wildman–Crippen MR) is 125 cm³/mol. The Morgan fingerprint density at radius 3 is 1.79 bits per heavy atom. The van der Waals surface area contributed by atoms with E-state index in [1.165, 1.54) is 6.07 Å². The summed E-state index contributed by atoms with van der Waals surface area (Å²) in [5.41, 5.74) is -5.03. The summed E-state index contributed by atoms with van der Waals surface area (Å²) in [5, 5.41) is 2.18. The van der Waals surface area contributed by atoms with Crippen molar-refractivity contribution in [3.8, 4) is 11.1 Å². The summed E-state index contributed by atoms with van der Waals surface area (Å²) >= 11 is 16.5. The minimum absolute atomic E-state index is 0.123. The molecule has 0 aromatic heterocycles. The number of anilines is 1. The van der Waals surface area contributed by atoms with E-state index in [1.54, 1.807) is 0 Å². The van der Waals surface area contributed by atoms with Gasteiger partial charge in [-0.15, -0.1) is 0 Å². The van der Waals surface area contributed by atoms with Crippen LogP contribution in [0.3, 0.4) is 0 Å². The molecule has 0 radical (unpaired) electrons. The lowest BCUT2D eigenvalue weighted by molar-refractivity contribution is -0.389. The largest absolute Gasteiger partial charge is 0.457 e. The van der Waals surface area contributed by atoms with Gasteiger partial charge in [-0.25, -0.2) is 9.18 Å². The van der Waals surface area contributed by atoms with Gasteiger partial charge in [0.2, 0.25) is 9.70 Å². The van der Waals surface area contributed by atoms with Crippen LogP contribution in [-0.4, -0.2) is 40.7 Å². The second kappa shape index (κ2) is 10.8. The van der Waals surface area contributed by atoms with Crippen molar-refractivity contribution >= 4 is 52.5 Å². The van der Waals surface area contributed by atoms with E-state index in [4.69, 9.17) is 45.3 Å². The van der Waals surface area contributed by atoms with Gasteiger partial charge in [0.25, 0.3) is 0 Å². The number of alkyl halides is 12. The van der Waals surface area contributed by atoms with Crippen molar-refractivity contribution in [1.29, 1.82) is 0 Å². The van der Waals surface area contributed by atoms with Gasteiger partial charge >= 0.3 is 30.0 Å². The molecule has 0 aliphatic rings. The maximum Gasteiger partial charge on any atom is 0.457 e. The first kappa shape index (κ1) is 32.6. The molecule has 1 atom stereocenters. The lowest BCUT2D eigenvalue weighted by atomic mass is 9.82. The van der Waals surface area contributed by atoms with Crippen molar-refractivity contribution in [2.45, 2.75) is 41.6 Å². The van der Waals surface area contributed by atoms with Crippen LogP contribution in [0.5, 0.6) is 0 Å². The molecular formula is C22H16Cl3F9N2O3. The summed E-state index contributed by atoms with van der Waals surface area (Å²) < 4.78 is 125. The third kappa shape index (κ3) is 6.43. The Bertz CT molecular complexity index is 1260. The van der Waals surface area contributed by atoms with Crippen LogP contribution in [0.25, 0.3) is 11.1 Å². The van der Waals surface area contributed by atoms with E-state index >= 15 is 4.39 Å². The fraction of sp³-hybridized carbons (Fsp3) is 0.364. The minimum atomic E-state index is -6.92. The Morgan fingerprint density at radius 1 is 0.872 bits per heavy atom. The molecule has 0 spiro atoms. The number of primary amides is 1. The summed E-state index contributed by atoms with van der Waals surface area (Å²) in [7, 11) is 0. The number of carbonyl (C=O) groups excluding carboxylic acids is 2. The van der Waals surface area contributed by atoms with E-state index in [1.807, 2.05) is 0 Å². The second-order valence-corrected chi connectivity index (χ2v) is 10.6. The molecule has 17 heteroatoms. The summed E-state index contributed by atoms with van der Waals surface area (Å²) in [6, 6.07) is 3.75. The van der Waals surface area contributed by atoms with Gasteiger partial charge in [-0.1, -0.05) is 53.0 Å². The van der Waals surface area contributed by atoms with Crippen LogP contribution >= 0.6 is 34.8 Å². The number of hydrogen-bond acceptors (Lipinski definition) is 3. The molecule has 216 valence electrons. The third-order valence-electron chi connectivity index (χ3n) is 5.29. The zero-order valence-electron chi connectivity index (χ0n) is 19.4. The smallest absolute Gasteiger partial charge is 0.445 e. The number of rotatable bonds is 6. The van der Waals surface area contributed by atoms with Gasteiger partial charge < -0.3 is 10.5 Å². The van der Waals surface area contributed by atoms with E-state index in [2.05, 4.69) is 5.32 Å². The molecule has 2 aromatic rings. The van der Waals surface area contributed by atoms with Crippen LogP contribution in [0.2, 0.25) is 0 Å². The standard InChI is InChI=1S/C22H16Cl3F9N2O3/c1-9-6-11(19(26,21(29,30)31)20(27,28)22(32,33)34)7-10(2)14(9)15-12(16(35)37)4-3-5-13(15)36-17(38)39-8-18(23,24)25/h3-7H,8H2,1-2H3,(H2,35,37)(H,36,38). The van der Waals surface area contributed by atoms with Gasteiger partial charge in [-0.2, -0.15) is 35.1 Å². The molecule has 0 aliphatic carbocycles. The molecular weight excluding hydrogens is 618 g/mol. The number of nitrogens with one attached hydrogen (secondary N) is 1. The maximum absolute atomic E-state index is 15.1. The monoisotopic (exact) mass is 632 g/mol. The summed E-state index contributed by atoms with van der Waals surface area (Å²) in [5.74, 6) is -8.02. The first-order valence-corrected chi connectivity index (χ1v) is 11.3. The van der Waals surface area contributed by atoms with Crippen LogP contribution in [0.4, 0.5) is 50.0 Å². The first-order valence-electron chi connectivity index (χ1n) is 10.2. The minimum Gasteiger partial charge on any atom is -0.445 e. The SMILES string of the molecule is Cc1cc(C(F)(C(F)(F)F)C(F)(F)C(F)(F)F)cc(C)c1-c1c(NC(=O)OCC(Cl)(Cl)Cl)cccc1C(N)=O. The molecule has 0 bridgehead atoms. The fourth-order valence-corrected chi connectivity index (χ4v) is 3.86. The van der Waals surface area contributed by atoms with Crippen molar-refractivity contribution in [2.75, 3.05) is 11.9 Å². The molecule has 2 aromatic carbocycles. The van der Waals surface area contributed by atoms with Crippen LogP contribution in [-0.2, 0) is 10.4 Å². The Labute approximate surface area is 229 Å². The van der Waals surface area contributed by atoms with Crippen molar-refractivity contribution in [3.05, 3.63) is 52.6 Å². The lowest BCUT2D eigenvalue weighted by Gasteiger charge is -2.36. The number of amides is 2. The van der Waals surface area contributed by atoms with Gasteiger partial charge in [0.15, 0.2) is 0 Å². The topological polar surface area (TPSA) is 81.4 Å². The third-order valence-corrected chi connectivity index (χ3v) is 5.62. The summed E-state index contributed by atoms with van der Waals surface area (Å²) in [6.07, 6.45) is -14.9. The Morgan fingerprint density at radius 2 is 1.38 bits per heavy atom. The maximum atomic E-state index is 15.1. The lowest BCUT2D eigenvalue weighted by Crippen LogP contribution is -2.59. The normalized spacial score (nSPS) is 14.5. The number of aryl methyl sites for hydroxylation is 2. The summed E-state index contributed by atoms with van der Waals surface area (Å²) in [4.78, 5) is 24.3. The molecule has 2 amide bonds. The number of benzene rings is 2. The average Bonchev–Trinajstić information content (AvgIpc) is 2.75. The molecule has 5 nitrogen and oxygen atoms in total. The first-order chi connectivity index (χ1) is 17.5. The van der Waals surface area contributed by atoms with Crippen LogP contribution < -0.4 is 11.1 Å². The molecule has 0 aliphatic heterocycles. The number of halogens is 12. The van der Waals surface area contributed by atoms with E-state index in [-0.39, 0.29) is 34.5 Å². The molecule has 0 saturated carbocycles. The number of nitrogens with two attached hydrogens (primary N) is 1. The van der Waals surface area contributed by atoms with Gasteiger partial charge in [0, 0.05) is 16.7 Å². The second-order valence-electron chi connectivity index (χ2n) is 8.12. The molecule has 0 fully saturated rings. The molecule has 1 unspecified atom stereocenters. The van der Waals surface area contributed by atoms with E-state index in [0.717, 1.165) is 26.0 Å². The van der Waals surface area contributed by atoms with E-state index in [0.29, 0.717) is 0 Å². The van der Waals surface area contributed by atoms with Crippen LogP contribution in [0.1, 0.15) is 27.0 Å². The Balaban J connectivity index is 2.80. The zero-order chi connectivity index (χ0) is 30.4. The van der Waals surface area contributed by atoms with Crippen molar-refractivity contribution in [1.82, 2.24) is 0 Å². The van der Waals surface area contributed by atoms with Gasteiger partial charge in [0.1, 0.15) is 6.61 Å². The fourth-order valence-electron chi connectivity index (χ4n) is 3.70. The highest BCUT2D eigenvalue weighted by Gasteiger charge is 2.81. The highest BCUT2D eigenvalue weighted by molar-refractivity contribution is 6.67. The zero-order valence-corrected chi connectivity index (χ0v) is 21.7. The summed E-state index contributed by atoms with van der Waals surface area (Å²) in [6.45, 7) is 1.17. The number of hydrogen-bond donors (Lipinski definition) is 2. The highest BCUT2D eigenvalue weighted by Crippen LogP contribution is 2.58. The van der Waals surface area contributed by atoms with Gasteiger partial charge in [0.05, 0.1) is 5.69 Å². The molecule has 3 N–H and O–H groups in total. The van der Waals surface area contributed by atoms with Crippen molar-refractivity contribution in [3.63, 3.8) is 0 Å². The molecule has 2 rings (SSSR count). The average molecular weight is 634 g/mol. The van der Waals surface area contributed by atoms with Crippen molar-refractivity contribution in [2.24, 2.45) is 5.73 Å². The van der Waals surface area contributed by atoms with Crippen LogP contribution in [0, 0.1) is 13.8 Å².